The second kappa shape index (κ2) is 7.88. The number of likely N-dealkylation sites (N-methyl/N-ethyl adjacent to an activating group) is 1. The molecule has 0 radical (unpaired) electrons. The summed E-state index contributed by atoms with van der Waals surface area (Å²) in [6.07, 6.45) is 0. The fourth-order valence-electron chi connectivity index (χ4n) is 2.55. The molecule has 0 fully saturated rings. The van der Waals surface area contributed by atoms with Gasteiger partial charge in [0.05, 0.1) is 18.6 Å². The van der Waals surface area contributed by atoms with E-state index in [1.165, 1.54) is 26.3 Å². The lowest BCUT2D eigenvalue weighted by Gasteiger charge is -2.18. The molecule has 0 bridgehead atoms. The Morgan fingerprint density at radius 3 is 2.42 bits per heavy atom. The van der Waals surface area contributed by atoms with Crippen LogP contribution >= 0.6 is 0 Å². The molecule has 0 spiro atoms. The highest BCUT2D eigenvalue weighted by molar-refractivity contribution is 7.89. The number of hydrogen-bond acceptors (Lipinski definition) is 4. The Balaban J connectivity index is 2.14. The van der Waals surface area contributed by atoms with E-state index >= 15 is 0 Å². The van der Waals surface area contributed by atoms with Gasteiger partial charge >= 0.3 is 0 Å². The Morgan fingerprint density at radius 1 is 1.12 bits per heavy atom. The van der Waals surface area contributed by atoms with Crippen molar-refractivity contribution in [3.8, 4) is 5.75 Å². The van der Waals surface area contributed by atoms with Crippen LogP contribution in [0.25, 0.3) is 0 Å². The summed E-state index contributed by atoms with van der Waals surface area (Å²) in [4.78, 5) is 12.4. The Kier molecular flexibility index (Phi) is 6.05. The second-order valence-corrected chi connectivity index (χ2v) is 8.23. The summed E-state index contributed by atoms with van der Waals surface area (Å²) >= 11 is 0. The molecule has 0 unspecified atom stereocenters. The maximum absolute atomic E-state index is 12.7. The second-order valence-electron chi connectivity index (χ2n) is 6.19. The van der Waals surface area contributed by atoms with Crippen LogP contribution in [0.5, 0.6) is 5.75 Å². The van der Waals surface area contributed by atoms with E-state index in [-0.39, 0.29) is 11.4 Å². The number of amides is 1. The third-order valence-electron chi connectivity index (χ3n) is 4.32. The van der Waals surface area contributed by atoms with Gasteiger partial charge < -0.3 is 10.1 Å². The minimum absolute atomic E-state index is 0.123. The highest BCUT2D eigenvalue weighted by Gasteiger charge is 2.24. The molecule has 7 heteroatoms. The largest absolute Gasteiger partial charge is 0.496 e. The van der Waals surface area contributed by atoms with Gasteiger partial charge in [-0.05, 0) is 61.7 Å². The Hall–Kier alpha value is -2.38. The van der Waals surface area contributed by atoms with E-state index < -0.39 is 15.9 Å². The van der Waals surface area contributed by atoms with E-state index in [1.54, 1.807) is 19.1 Å². The minimum Gasteiger partial charge on any atom is -0.496 e. The van der Waals surface area contributed by atoms with Gasteiger partial charge in [0.2, 0.25) is 15.9 Å². The van der Waals surface area contributed by atoms with Crippen molar-refractivity contribution in [1.82, 2.24) is 4.31 Å². The number of anilines is 1. The first-order valence-electron chi connectivity index (χ1n) is 8.14. The van der Waals surface area contributed by atoms with Crippen LogP contribution in [-0.2, 0) is 14.8 Å². The zero-order valence-corrected chi connectivity index (χ0v) is 16.5. The number of hydrogen-bond donors (Lipinski definition) is 1. The summed E-state index contributed by atoms with van der Waals surface area (Å²) in [5.74, 6) is 0.217. The molecule has 140 valence electrons. The molecule has 1 N–H and O–H groups in total. The third kappa shape index (κ3) is 4.23. The van der Waals surface area contributed by atoms with Crippen molar-refractivity contribution in [2.24, 2.45) is 0 Å². The predicted octanol–water partition coefficient (Wildman–Crippen LogP) is 2.88. The van der Waals surface area contributed by atoms with Gasteiger partial charge in [-0.2, -0.15) is 4.31 Å². The van der Waals surface area contributed by atoms with Crippen molar-refractivity contribution in [3.63, 3.8) is 0 Å². The van der Waals surface area contributed by atoms with Crippen molar-refractivity contribution >= 4 is 21.6 Å². The highest BCUT2D eigenvalue weighted by atomic mass is 32.2. The Bertz CT molecular complexity index is 923. The summed E-state index contributed by atoms with van der Waals surface area (Å²) in [6, 6.07) is 10.2. The first-order valence-corrected chi connectivity index (χ1v) is 9.58. The van der Waals surface area contributed by atoms with E-state index in [2.05, 4.69) is 5.32 Å². The van der Waals surface area contributed by atoms with E-state index in [1.807, 2.05) is 26.0 Å². The average molecular weight is 376 g/mol. The van der Waals surface area contributed by atoms with Crippen molar-refractivity contribution in [2.45, 2.75) is 25.7 Å². The number of nitrogens with one attached hydrogen (secondary N) is 1. The van der Waals surface area contributed by atoms with Crippen LogP contribution in [0.15, 0.2) is 41.3 Å². The summed E-state index contributed by atoms with van der Waals surface area (Å²) in [7, 11) is -0.861. The molecule has 2 aromatic rings. The number of rotatable bonds is 6. The number of ether oxygens (including phenoxy) is 1. The number of benzene rings is 2. The predicted molar refractivity (Wildman–Crippen MR) is 102 cm³/mol. The topological polar surface area (TPSA) is 75.7 Å². The standard InChI is InChI=1S/C19H24N2O4S/c1-13-7-6-8-17(15(13)3)20-19(22)12-21(4)26(23,24)16-9-10-18(25-5)14(2)11-16/h6-11H,12H2,1-5H3,(H,20,22). The average Bonchev–Trinajstić information content (AvgIpc) is 2.58. The molecule has 0 heterocycles. The minimum atomic E-state index is -3.78. The van der Waals surface area contributed by atoms with Crippen LogP contribution in [-0.4, -0.2) is 39.3 Å². The number of carbonyl (C=O) groups is 1. The van der Waals surface area contributed by atoms with Crippen LogP contribution < -0.4 is 10.1 Å². The molecule has 2 aromatic carbocycles. The number of aryl methyl sites for hydroxylation is 2. The fraction of sp³-hybridized carbons (Fsp3) is 0.316. The van der Waals surface area contributed by atoms with E-state index in [4.69, 9.17) is 4.74 Å². The van der Waals surface area contributed by atoms with Crippen molar-refractivity contribution in [2.75, 3.05) is 26.0 Å². The molecule has 2 rings (SSSR count). The summed E-state index contributed by atoms with van der Waals surface area (Å²) in [6.45, 7) is 5.35. The molecule has 0 saturated carbocycles. The quantitative estimate of drug-likeness (QED) is 0.841. The molecule has 0 aliphatic carbocycles. The lowest BCUT2D eigenvalue weighted by molar-refractivity contribution is -0.116. The number of methoxy groups -OCH3 is 1. The Labute approximate surface area is 154 Å². The van der Waals surface area contributed by atoms with Gasteiger partial charge in [-0.3, -0.25) is 4.79 Å². The van der Waals surface area contributed by atoms with E-state index in [0.29, 0.717) is 17.0 Å². The number of sulfonamides is 1. The van der Waals surface area contributed by atoms with Gasteiger partial charge in [0.1, 0.15) is 5.75 Å². The van der Waals surface area contributed by atoms with E-state index in [9.17, 15) is 13.2 Å². The van der Waals surface area contributed by atoms with E-state index in [0.717, 1.165) is 15.4 Å². The molecule has 0 aliphatic heterocycles. The van der Waals surface area contributed by atoms with Gasteiger partial charge in [-0.1, -0.05) is 12.1 Å². The molecule has 1 amide bonds. The third-order valence-corrected chi connectivity index (χ3v) is 6.12. The molecule has 6 nitrogen and oxygen atoms in total. The number of nitrogens with zero attached hydrogens (tertiary/aromatic N) is 1. The van der Waals surface area contributed by atoms with Gasteiger partial charge in [0.25, 0.3) is 0 Å². The first-order chi connectivity index (χ1) is 12.2. The summed E-state index contributed by atoms with van der Waals surface area (Å²) in [5.41, 5.74) is 3.40. The lowest BCUT2D eigenvalue weighted by Crippen LogP contribution is -2.35. The zero-order valence-electron chi connectivity index (χ0n) is 15.7. The van der Waals surface area contributed by atoms with Crippen molar-refractivity contribution in [3.05, 3.63) is 53.1 Å². The summed E-state index contributed by atoms with van der Waals surface area (Å²) in [5, 5.41) is 2.77. The van der Waals surface area contributed by atoms with Gasteiger partial charge in [0, 0.05) is 12.7 Å². The normalized spacial score (nSPS) is 11.5. The molecular weight excluding hydrogens is 352 g/mol. The molecule has 26 heavy (non-hydrogen) atoms. The van der Waals surface area contributed by atoms with Crippen molar-refractivity contribution in [1.29, 1.82) is 0 Å². The SMILES string of the molecule is COc1ccc(S(=O)(=O)N(C)CC(=O)Nc2cccc(C)c2C)cc1C. The maximum atomic E-state index is 12.7. The molecule has 0 saturated heterocycles. The van der Waals surface area contributed by atoms with Gasteiger partial charge in [0.15, 0.2) is 0 Å². The molecule has 0 aliphatic rings. The molecule has 0 atom stereocenters. The summed E-state index contributed by atoms with van der Waals surface area (Å²) < 4.78 is 31.6. The monoisotopic (exact) mass is 376 g/mol. The molecular formula is C19H24N2O4S. The van der Waals surface area contributed by atoms with Crippen LogP contribution in [0.2, 0.25) is 0 Å². The van der Waals surface area contributed by atoms with Crippen LogP contribution in [0.1, 0.15) is 16.7 Å². The first kappa shape index (κ1) is 19.9. The lowest BCUT2D eigenvalue weighted by atomic mass is 10.1. The number of carbonyl (C=O) groups excluding carboxylic acids is 1. The van der Waals surface area contributed by atoms with Gasteiger partial charge in [-0.15, -0.1) is 0 Å². The van der Waals surface area contributed by atoms with Crippen molar-refractivity contribution < 1.29 is 17.9 Å². The molecule has 0 aromatic heterocycles. The smallest absolute Gasteiger partial charge is 0.243 e. The van der Waals surface area contributed by atoms with Crippen LogP contribution in [0.3, 0.4) is 0 Å². The van der Waals surface area contributed by atoms with Crippen LogP contribution in [0, 0.1) is 20.8 Å². The Morgan fingerprint density at radius 2 is 1.81 bits per heavy atom. The van der Waals surface area contributed by atoms with Gasteiger partial charge in [-0.25, -0.2) is 8.42 Å². The maximum Gasteiger partial charge on any atom is 0.243 e. The highest BCUT2D eigenvalue weighted by Crippen LogP contribution is 2.23. The fourth-order valence-corrected chi connectivity index (χ4v) is 3.77. The zero-order chi connectivity index (χ0) is 19.5. The van der Waals surface area contributed by atoms with Crippen LogP contribution in [0.4, 0.5) is 5.69 Å².